The van der Waals surface area contributed by atoms with Crippen LogP contribution in [0, 0.1) is 0 Å². The fourth-order valence-electron chi connectivity index (χ4n) is 3.40. The fourth-order valence-corrected chi connectivity index (χ4v) is 4.91. The Morgan fingerprint density at radius 2 is 2.00 bits per heavy atom. The highest BCUT2D eigenvalue weighted by Crippen LogP contribution is 2.45. The average Bonchev–Trinajstić information content (AvgIpc) is 3.12. The second-order valence-electron chi connectivity index (χ2n) is 8.84. The van der Waals surface area contributed by atoms with Crippen molar-refractivity contribution in [3.8, 4) is 5.75 Å². The number of rotatable bonds is 5. The fraction of sp³-hybridized carbons (Fsp3) is 0.571. The third-order valence-electron chi connectivity index (χ3n) is 4.87. The summed E-state index contributed by atoms with van der Waals surface area (Å²) in [6.45, 7) is 9.21. The molecule has 1 aromatic rings. The van der Waals surface area contributed by atoms with Crippen molar-refractivity contribution >= 4 is 29.6 Å². The molecule has 3 unspecified atom stereocenters. The molecule has 8 nitrogen and oxygen atoms in total. The van der Waals surface area contributed by atoms with Crippen molar-refractivity contribution in [1.29, 1.82) is 0 Å². The van der Waals surface area contributed by atoms with Gasteiger partial charge in [0.25, 0.3) is 5.72 Å². The zero-order valence-electron chi connectivity index (χ0n) is 18.0. The van der Waals surface area contributed by atoms with Crippen molar-refractivity contribution in [1.82, 2.24) is 5.32 Å². The van der Waals surface area contributed by atoms with Gasteiger partial charge in [-0.25, -0.2) is 9.79 Å². The maximum Gasteiger partial charge on any atom is 0.371 e. The molecule has 0 amide bonds. The molecule has 0 aliphatic carbocycles. The molecule has 2 heterocycles. The standard InChI is InChI=1S/C21H28N2O6S/c1-19(2,3)29-16(25)15-20(4,5)30-17(22-15)21(27-6)18(26)28-14(23-21)11-12-9-7-8-10-13(12)24/h7-10,15,17,22,24H,11H2,1-6H3. The molecule has 2 aliphatic heterocycles. The minimum Gasteiger partial charge on any atom is -0.508 e. The van der Waals surface area contributed by atoms with E-state index in [0.717, 1.165) is 0 Å². The second-order valence-corrected chi connectivity index (χ2v) is 10.6. The van der Waals surface area contributed by atoms with Crippen LogP contribution in [0.15, 0.2) is 29.3 Å². The van der Waals surface area contributed by atoms with Crippen molar-refractivity contribution in [3.05, 3.63) is 29.8 Å². The SMILES string of the molecule is COC1(C2NC(C(=O)OC(C)(C)C)C(C)(C)S2)N=C(Cc2ccccc2O)OC1=O. The van der Waals surface area contributed by atoms with Crippen molar-refractivity contribution in [2.75, 3.05) is 7.11 Å². The van der Waals surface area contributed by atoms with Crippen LogP contribution < -0.4 is 5.32 Å². The zero-order valence-corrected chi connectivity index (χ0v) is 18.8. The van der Waals surface area contributed by atoms with Gasteiger partial charge in [0.2, 0.25) is 5.90 Å². The van der Waals surface area contributed by atoms with E-state index in [4.69, 9.17) is 14.2 Å². The molecule has 0 spiro atoms. The average molecular weight is 437 g/mol. The number of hydrogen-bond acceptors (Lipinski definition) is 9. The molecule has 0 bridgehead atoms. The van der Waals surface area contributed by atoms with E-state index in [1.165, 1.54) is 18.9 Å². The summed E-state index contributed by atoms with van der Waals surface area (Å²) in [5, 5.41) is 12.5. The maximum absolute atomic E-state index is 12.8. The molecule has 2 N–H and O–H groups in total. The van der Waals surface area contributed by atoms with Crippen LogP contribution in [0.2, 0.25) is 0 Å². The molecule has 2 aliphatic rings. The maximum atomic E-state index is 12.8. The Bertz CT molecular complexity index is 878. The summed E-state index contributed by atoms with van der Waals surface area (Å²) < 4.78 is 15.9. The highest BCUT2D eigenvalue weighted by molar-refractivity contribution is 8.01. The van der Waals surface area contributed by atoms with Crippen molar-refractivity contribution in [2.45, 2.75) is 68.5 Å². The van der Waals surface area contributed by atoms with Gasteiger partial charge in [-0.15, -0.1) is 11.8 Å². The number of nitrogens with one attached hydrogen (secondary N) is 1. The molecule has 3 atom stereocenters. The van der Waals surface area contributed by atoms with E-state index in [0.29, 0.717) is 5.56 Å². The van der Waals surface area contributed by atoms with Crippen LogP contribution in [0.3, 0.4) is 0 Å². The Hall–Kier alpha value is -2.10. The van der Waals surface area contributed by atoms with Crippen LogP contribution >= 0.6 is 11.8 Å². The van der Waals surface area contributed by atoms with Gasteiger partial charge >= 0.3 is 11.9 Å². The number of phenols is 1. The molecule has 0 aromatic heterocycles. The van der Waals surface area contributed by atoms with Gasteiger partial charge in [0, 0.05) is 17.4 Å². The first-order chi connectivity index (χ1) is 13.9. The smallest absolute Gasteiger partial charge is 0.371 e. The van der Waals surface area contributed by atoms with E-state index in [1.807, 2.05) is 13.8 Å². The Kier molecular flexibility index (Phi) is 5.92. The van der Waals surface area contributed by atoms with Gasteiger partial charge < -0.3 is 19.3 Å². The van der Waals surface area contributed by atoms with Crippen molar-refractivity contribution in [2.24, 2.45) is 4.99 Å². The predicted molar refractivity (Wildman–Crippen MR) is 113 cm³/mol. The van der Waals surface area contributed by atoms with Crippen molar-refractivity contribution in [3.63, 3.8) is 0 Å². The molecule has 1 saturated heterocycles. The lowest BCUT2D eigenvalue weighted by Crippen LogP contribution is -2.54. The monoisotopic (exact) mass is 436 g/mol. The van der Waals surface area contributed by atoms with Gasteiger partial charge in [-0.2, -0.15) is 0 Å². The van der Waals surface area contributed by atoms with Crippen LogP contribution in [0.4, 0.5) is 0 Å². The van der Waals surface area contributed by atoms with Gasteiger partial charge in [-0.05, 0) is 40.7 Å². The first kappa shape index (κ1) is 22.6. The van der Waals surface area contributed by atoms with Gasteiger partial charge in [-0.1, -0.05) is 18.2 Å². The van der Waals surface area contributed by atoms with E-state index in [2.05, 4.69) is 10.3 Å². The summed E-state index contributed by atoms with van der Waals surface area (Å²) in [4.78, 5) is 30.0. The second kappa shape index (κ2) is 7.86. The number of ether oxygens (including phenoxy) is 3. The number of aliphatic imine (C=N–C) groups is 1. The third-order valence-corrected chi connectivity index (χ3v) is 6.41. The lowest BCUT2D eigenvalue weighted by Gasteiger charge is -2.27. The number of esters is 2. The summed E-state index contributed by atoms with van der Waals surface area (Å²) in [7, 11) is 1.38. The number of aromatic hydroxyl groups is 1. The number of nitrogens with zero attached hydrogens (tertiary/aromatic N) is 1. The highest BCUT2D eigenvalue weighted by atomic mass is 32.2. The first-order valence-corrected chi connectivity index (χ1v) is 10.6. The number of para-hydroxylation sites is 1. The Balaban J connectivity index is 1.85. The lowest BCUT2D eigenvalue weighted by atomic mass is 10.0. The van der Waals surface area contributed by atoms with Crippen LogP contribution in [0.5, 0.6) is 5.75 Å². The van der Waals surface area contributed by atoms with Gasteiger partial charge in [-0.3, -0.25) is 10.1 Å². The molecule has 3 rings (SSSR count). The van der Waals surface area contributed by atoms with Gasteiger partial charge in [0.15, 0.2) is 0 Å². The molecule has 9 heteroatoms. The number of carbonyl (C=O) groups is 2. The predicted octanol–water partition coefficient (Wildman–Crippen LogP) is 2.38. The molecule has 30 heavy (non-hydrogen) atoms. The largest absolute Gasteiger partial charge is 0.508 e. The Morgan fingerprint density at radius 3 is 2.60 bits per heavy atom. The molecule has 1 aromatic carbocycles. The van der Waals surface area contributed by atoms with E-state index in [9.17, 15) is 14.7 Å². The normalized spacial score (nSPS) is 28.2. The number of carbonyl (C=O) groups excluding carboxylic acids is 2. The van der Waals surface area contributed by atoms with E-state index in [1.54, 1.807) is 45.0 Å². The van der Waals surface area contributed by atoms with Crippen molar-refractivity contribution < 1.29 is 28.9 Å². The third kappa shape index (κ3) is 4.33. The first-order valence-electron chi connectivity index (χ1n) is 9.68. The number of thioether (sulfide) groups is 1. The summed E-state index contributed by atoms with van der Waals surface area (Å²) in [6, 6.07) is 6.10. The van der Waals surface area contributed by atoms with Gasteiger partial charge in [0.1, 0.15) is 22.8 Å². The Labute approximate surface area is 180 Å². The molecule has 0 radical (unpaired) electrons. The molecular weight excluding hydrogens is 408 g/mol. The van der Waals surface area contributed by atoms with E-state index in [-0.39, 0.29) is 18.1 Å². The minimum absolute atomic E-state index is 0.0886. The van der Waals surface area contributed by atoms with Crippen LogP contribution in [-0.4, -0.2) is 57.5 Å². The number of methoxy groups -OCH3 is 1. The molecule has 164 valence electrons. The van der Waals surface area contributed by atoms with Crippen LogP contribution in [0.25, 0.3) is 0 Å². The highest BCUT2D eigenvalue weighted by Gasteiger charge is 2.60. The van der Waals surface area contributed by atoms with Gasteiger partial charge in [0.05, 0.1) is 6.42 Å². The summed E-state index contributed by atoms with van der Waals surface area (Å²) >= 11 is 1.37. The quantitative estimate of drug-likeness (QED) is 0.678. The summed E-state index contributed by atoms with van der Waals surface area (Å²) in [5.41, 5.74) is -1.69. The topological polar surface area (TPSA) is 106 Å². The summed E-state index contributed by atoms with van der Waals surface area (Å²) in [5.74, 6) is -0.838. The zero-order chi connectivity index (χ0) is 22.3. The molecule has 1 fully saturated rings. The number of cyclic esters (lactones) is 1. The Morgan fingerprint density at radius 1 is 1.33 bits per heavy atom. The van der Waals surface area contributed by atoms with E-state index < -0.39 is 39.4 Å². The summed E-state index contributed by atoms with van der Waals surface area (Å²) in [6.07, 6.45) is 0.139. The number of benzene rings is 1. The van der Waals surface area contributed by atoms with Crippen LogP contribution in [-0.2, 0) is 30.2 Å². The number of hydrogen-bond donors (Lipinski definition) is 2. The molecule has 0 saturated carbocycles. The number of phenolic OH excluding ortho intramolecular Hbond substituents is 1. The van der Waals surface area contributed by atoms with Crippen LogP contribution in [0.1, 0.15) is 40.2 Å². The lowest BCUT2D eigenvalue weighted by molar-refractivity contribution is -0.161. The molecular formula is C21H28N2O6S. The minimum atomic E-state index is -1.64. The van der Waals surface area contributed by atoms with E-state index >= 15 is 0 Å².